The summed E-state index contributed by atoms with van der Waals surface area (Å²) >= 11 is 0. The van der Waals surface area contributed by atoms with E-state index in [2.05, 4.69) is 9.97 Å². The monoisotopic (exact) mass is 226 g/mol. The zero-order valence-electron chi connectivity index (χ0n) is 9.88. The van der Waals surface area contributed by atoms with Gasteiger partial charge in [-0.15, -0.1) is 0 Å². The molecule has 90 valence electrons. The molecule has 0 radical (unpaired) electrons. The molecule has 16 heavy (non-hydrogen) atoms. The number of hydrogen-bond acceptors (Lipinski definition) is 5. The molecule has 5 nitrogen and oxygen atoms in total. The Hall–Kier alpha value is -1.20. The first-order valence-electron chi connectivity index (χ1n) is 5.39. The molecule has 0 aliphatic carbocycles. The molecule has 2 unspecified atom stereocenters. The summed E-state index contributed by atoms with van der Waals surface area (Å²) in [6.45, 7) is 4.40. The van der Waals surface area contributed by atoms with Crippen LogP contribution in [0.15, 0.2) is 12.4 Å². The number of hydrogen-bond donors (Lipinski definition) is 1. The van der Waals surface area contributed by atoms with Crippen LogP contribution in [0.5, 0.6) is 5.88 Å². The highest BCUT2D eigenvalue weighted by Crippen LogP contribution is 2.25. The van der Waals surface area contributed by atoms with E-state index >= 15 is 0 Å². The molecule has 0 aromatic carbocycles. The van der Waals surface area contributed by atoms with Gasteiger partial charge in [-0.1, -0.05) is 6.92 Å². The second kappa shape index (κ2) is 6.40. The van der Waals surface area contributed by atoms with Crippen molar-refractivity contribution >= 4 is 0 Å². The molecule has 1 N–H and O–H groups in total. The summed E-state index contributed by atoms with van der Waals surface area (Å²) in [5, 5.41) is 10.1. The lowest BCUT2D eigenvalue weighted by atomic mass is 10.1. The normalized spacial score (nSPS) is 14.5. The van der Waals surface area contributed by atoms with Crippen LogP contribution in [-0.2, 0) is 4.74 Å². The van der Waals surface area contributed by atoms with Crippen LogP contribution in [0.25, 0.3) is 0 Å². The largest absolute Gasteiger partial charge is 0.480 e. The minimum atomic E-state index is -0.811. The van der Waals surface area contributed by atoms with Crippen molar-refractivity contribution in [3.63, 3.8) is 0 Å². The van der Waals surface area contributed by atoms with Crippen molar-refractivity contribution in [3.8, 4) is 5.88 Å². The molecule has 1 heterocycles. The summed E-state index contributed by atoms with van der Waals surface area (Å²) in [5.41, 5.74) is 0.422. The smallest absolute Gasteiger partial charge is 0.238 e. The number of ether oxygens (including phenoxy) is 2. The summed E-state index contributed by atoms with van der Waals surface area (Å²) in [6, 6.07) is 0. The molecule has 0 fully saturated rings. The zero-order chi connectivity index (χ0) is 12.0. The minimum Gasteiger partial charge on any atom is -0.480 e. The Morgan fingerprint density at radius 2 is 2.00 bits per heavy atom. The van der Waals surface area contributed by atoms with Crippen LogP contribution in [0.4, 0.5) is 0 Å². The second-order valence-electron chi connectivity index (χ2n) is 3.30. The second-order valence-corrected chi connectivity index (χ2v) is 3.30. The number of nitrogens with zero attached hydrogens (tertiary/aromatic N) is 2. The van der Waals surface area contributed by atoms with Crippen molar-refractivity contribution in [3.05, 3.63) is 18.1 Å². The van der Waals surface area contributed by atoms with Crippen molar-refractivity contribution in [2.45, 2.75) is 32.5 Å². The van der Waals surface area contributed by atoms with E-state index in [-0.39, 0.29) is 6.10 Å². The highest BCUT2D eigenvalue weighted by molar-refractivity contribution is 5.20. The summed E-state index contributed by atoms with van der Waals surface area (Å²) in [4.78, 5) is 8.08. The fourth-order valence-corrected chi connectivity index (χ4v) is 1.52. The lowest BCUT2D eigenvalue weighted by molar-refractivity contribution is -0.0384. The number of aliphatic hydroxyl groups excluding tert-OH is 1. The van der Waals surface area contributed by atoms with Gasteiger partial charge in [0.15, 0.2) is 0 Å². The lowest BCUT2D eigenvalue weighted by Gasteiger charge is -2.21. The Morgan fingerprint density at radius 1 is 1.31 bits per heavy atom. The van der Waals surface area contributed by atoms with Gasteiger partial charge in [-0.05, 0) is 13.3 Å². The van der Waals surface area contributed by atoms with Crippen LogP contribution in [0.2, 0.25) is 0 Å². The van der Waals surface area contributed by atoms with Crippen LogP contribution in [-0.4, -0.2) is 34.9 Å². The van der Waals surface area contributed by atoms with Crippen LogP contribution in [0, 0.1) is 0 Å². The Bertz CT molecular complexity index is 320. The molecule has 1 aromatic rings. The first kappa shape index (κ1) is 12.9. The maximum absolute atomic E-state index is 10.1. The summed E-state index contributed by atoms with van der Waals surface area (Å²) in [5.74, 6) is 0.341. The third kappa shape index (κ3) is 2.90. The highest BCUT2D eigenvalue weighted by atomic mass is 16.5. The van der Waals surface area contributed by atoms with E-state index in [0.29, 0.717) is 24.6 Å². The van der Waals surface area contributed by atoms with Crippen LogP contribution in [0.3, 0.4) is 0 Å². The van der Waals surface area contributed by atoms with Crippen LogP contribution < -0.4 is 4.74 Å². The van der Waals surface area contributed by atoms with E-state index in [4.69, 9.17) is 9.47 Å². The van der Waals surface area contributed by atoms with Crippen LogP contribution in [0.1, 0.15) is 32.1 Å². The van der Waals surface area contributed by atoms with Gasteiger partial charge < -0.3 is 14.6 Å². The average Bonchev–Trinajstić information content (AvgIpc) is 2.35. The summed E-state index contributed by atoms with van der Waals surface area (Å²) < 4.78 is 10.5. The van der Waals surface area contributed by atoms with Crippen molar-refractivity contribution in [2.75, 3.05) is 13.7 Å². The van der Waals surface area contributed by atoms with Crippen molar-refractivity contribution in [1.82, 2.24) is 9.97 Å². The SMILES string of the molecule is CCOC(CC)C(O)c1nccnc1OC. The van der Waals surface area contributed by atoms with E-state index in [1.807, 2.05) is 13.8 Å². The van der Waals surface area contributed by atoms with Gasteiger partial charge in [0.25, 0.3) is 0 Å². The predicted octanol–water partition coefficient (Wildman–Crippen LogP) is 1.33. The Kier molecular flexibility index (Phi) is 5.14. The van der Waals surface area contributed by atoms with Gasteiger partial charge in [-0.3, -0.25) is 4.98 Å². The molecule has 0 aliphatic heterocycles. The van der Waals surface area contributed by atoms with E-state index in [1.165, 1.54) is 19.5 Å². The first-order valence-corrected chi connectivity index (χ1v) is 5.39. The van der Waals surface area contributed by atoms with E-state index in [9.17, 15) is 5.11 Å². The molecule has 0 spiro atoms. The molecule has 5 heteroatoms. The summed E-state index contributed by atoms with van der Waals surface area (Å²) in [6.07, 6.45) is 2.66. The van der Waals surface area contributed by atoms with Gasteiger partial charge in [-0.25, -0.2) is 4.98 Å². The zero-order valence-corrected chi connectivity index (χ0v) is 9.88. The topological polar surface area (TPSA) is 64.5 Å². The molecule has 1 rings (SSSR count). The molecule has 0 aliphatic rings. The third-order valence-corrected chi connectivity index (χ3v) is 2.30. The van der Waals surface area contributed by atoms with Gasteiger partial charge >= 0.3 is 0 Å². The molecule has 0 amide bonds. The molecule has 0 bridgehead atoms. The fraction of sp³-hybridized carbons (Fsp3) is 0.636. The third-order valence-electron chi connectivity index (χ3n) is 2.30. The van der Waals surface area contributed by atoms with Gasteiger partial charge in [0.2, 0.25) is 5.88 Å². The van der Waals surface area contributed by atoms with E-state index in [0.717, 1.165) is 0 Å². The van der Waals surface area contributed by atoms with Gasteiger partial charge in [0, 0.05) is 19.0 Å². The maximum Gasteiger partial charge on any atom is 0.238 e. The molecule has 0 saturated heterocycles. The van der Waals surface area contributed by atoms with Crippen molar-refractivity contribution < 1.29 is 14.6 Å². The quantitative estimate of drug-likeness (QED) is 0.792. The minimum absolute atomic E-state index is 0.282. The Morgan fingerprint density at radius 3 is 2.56 bits per heavy atom. The number of rotatable bonds is 6. The number of aliphatic hydroxyl groups is 1. The van der Waals surface area contributed by atoms with Gasteiger partial charge in [-0.2, -0.15) is 0 Å². The number of methoxy groups -OCH3 is 1. The molecule has 1 aromatic heterocycles. The molecular weight excluding hydrogens is 208 g/mol. The van der Waals surface area contributed by atoms with Crippen LogP contribution >= 0.6 is 0 Å². The maximum atomic E-state index is 10.1. The average molecular weight is 226 g/mol. The fourth-order valence-electron chi connectivity index (χ4n) is 1.52. The lowest BCUT2D eigenvalue weighted by Crippen LogP contribution is -2.23. The first-order chi connectivity index (χ1) is 7.74. The Balaban J connectivity index is 2.88. The number of aromatic nitrogens is 2. The van der Waals surface area contributed by atoms with Crippen molar-refractivity contribution in [2.24, 2.45) is 0 Å². The van der Waals surface area contributed by atoms with E-state index < -0.39 is 6.10 Å². The van der Waals surface area contributed by atoms with Crippen molar-refractivity contribution in [1.29, 1.82) is 0 Å². The standard InChI is InChI=1S/C11H18N2O3/c1-4-8(16-5-2)10(14)9-11(15-3)13-7-6-12-9/h6-8,10,14H,4-5H2,1-3H3. The highest BCUT2D eigenvalue weighted by Gasteiger charge is 2.24. The van der Waals surface area contributed by atoms with Gasteiger partial charge in [0.05, 0.1) is 13.2 Å². The Labute approximate surface area is 95.4 Å². The molecule has 2 atom stereocenters. The summed E-state index contributed by atoms with van der Waals surface area (Å²) in [7, 11) is 1.50. The van der Waals surface area contributed by atoms with Gasteiger partial charge in [0.1, 0.15) is 11.8 Å². The van der Waals surface area contributed by atoms with E-state index in [1.54, 1.807) is 0 Å². The predicted molar refractivity (Wildman–Crippen MR) is 59.2 cm³/mol. The molecule has 0 saturated carbocycles. The molecular formula is C11H18N2O3.